The minimum absolute atomic E-state index is 0.0749. The van der Waals surface area contributed by atoms with Gasteiger partial charge in [-0.25, -0.2) is 0 Å². The molecule has 3 rings (SSSR count). The summed E-state index contributed by atoms with van der Waals surface area (Å²) in [5.41, 5.74) is -0.0454. The molecule has 0 radical (unpaired) electrons. The molecular formula is C25H37N3O5. The van der Waals surface area contributed by atoms with E-state index in [1.54, 1.807) is 24.0 Å². The van der Waals surface area contributed by atoms with Crippen LogP contribution in [0.25, 0.3) is 0 Å². The van der Waals surface area contributed by atoms with Gasteiger partial charge in [0.25, 0.3) is 5.91 Å². The van der Waals surface area contributed by atoms with Crippen LogP contribution in [-0.2, 0) is 14.3 Å². The average molecular weight is 460 g/mol. The summed E-state index contributed by atoms with van der Waals surface area (Å²) in [5, 5.41) is 5.83. The first-order valence-corrected chi connectivity index (χ1v) is 12.1. The number of piperidine rings is 1. The van der Waals surface area contributed by atoms with Gasteiger partial charge in [0.2, 0.25) is 11.8 Å². The van der Waals surface area contributed by atoms with E-state index < -0.39 is 11.5 Å². The Labute approximate surface area is 196 Å². The third kappa shape index (κ3) is 6.25. The van der Waals surface area contributed by atoms with Gasteiger partial charge < -0.3 is 25.0 Å². The van der Waals surface area contributed by atoms with Gasteiger partial charge >= 0.3 is 0 Å². The Morgan fingerprint density at radius 3 is 2.58 bits per heavy atom. The number of hydrogen-bond acceptors (Lipinski definition) is 5. The lowest BCUT2D eigenvalue weighted by molar-refractivity contribution is -0.137. The van der Waals surface area contributed by atoms with Gasteiger partial charge in [-0.15, -0.1) is 0 Å². The maximum atomic E-state index is 13.4. The molecule has 2 atom stereocenters. The molecule has 2 saturated heterocycles. The van der Waals surface area contributed by atoms with Crippen LogP contribution in [0.5, 0.6) is 5.75 Å². The van der Waals surface area contributed by atoms with Crippen molar-refractivity contribution in [3.8, 4) is 5.75 Å². The molecule has 1 aromatic carbocycles. The second kappa shape index (κ2) is 11.5. The number of nitrogens with zero attached hydrogens (tertiary/aromatic N) is 1. The lowest BCUT2D eigenvalue weighted by Gasteiger charge is -2.41. The van der Waals surface area contributed by atoms with Crippen molar-refractivity contribution >= 4 is 17.7 Å². The summed E-state index contributed by atoms with van der Waals surface area (Å²) in [5.74, 6) is 0.196. The Kier molecular flexibility index (Phi) is 8.72. The lowest BCUT2D eigenvalue weighted by atomic mass is 9.73. The fraction of sp³-hybridized carbons (Fsp3) is 0.640. The van der Waals surface area contributed by atoms with Crippen LogP contribution in [0.2, 0.25) is 0 Å². The summed E-state index contributed by atoms with van der Waals surface area (Å²) in [7, 11) is 0. The van der Waals surface area contributed by atoms with Crippen LogP contribution >= 0.6 is 0 Å². The molecule has 2 fully saturated rings. The highest BCUT2D eigenvalue weighted by Gasteiger charge is 2.43. The van der Waals surface area contributed by atoms with E-state index in [2.05, 4.69) is 10.6 Å². The number of para-hydroxylation sites is 1. The molecule has 1 aromatic rings. The number of ether oxygens (including phenoxy) is 2. The van der Waals surface area contributed by atoms with E-state index in [9.17, 15) is 14.4 Å². The largest absolute Gasteiger partial charge is 0.493 e. The average Bonchev–Trinajstić information content (AvgIpc) is 2.81. The summed E-state index contributed by atoms with van der Waals surface area (Å²) in [6.07, 6.45) is 3.55. The molecular weight excluding hydrogens is 422 g/mol. The maximum Gasteiger partial charge on any atom is 0.257 e. The molecule has 0 saturated carbocycles. The predicted molar refractivity (Wildman–Crippen MR) is 125 cm³/mol. The molecule has 2 aliphatic heterocycles. The van der Waals surface area contributed by atoms with Crippen LogP contribution in [0.15, 0.2) is 24.3 Å². The molecule has 8 nitrogen and oxygen atoms in total. The molecule has 8 heteroatoms. The molecule has 2 heterocycles. The van der Waals surface area contributed by atoms with Gasteiger partial charge in [0.1, 0.15) is 11.8 Å². The van der Waals surface area contributed by atoms with Crippen molar-refractivity contribution < 1.29 is 23.9 Å². The van der Waals surface area contributed by atoms with Gasteiger partial charge in [0.15, 0.2) is 0 Å². The summed E-state index contributed by atoms with van der Waals surface area (Å²) < 4.78 is 11.3. The maximum absolute atomic E-state index is 13.4. The number of rotatable bonds is 3. The van der Waals surface area contributed by atoms with Gasteiger partial charge in [-0.05, 0) is 58.6 Å². The zero-order chi connectivity index (χ0) is 23.8. The van der Waals surface area contributed by atoms with Crippen LogP contribution < -0.4 is 15.4 Å². The minimum atomic E-state index is -0.629. The zero-order valence-electron chi connectivity index (χ0n) is 20.0. The smallest absolute Gasteiger partial charge is 0.257 e. The van der Waals surface area contributed by atoms with Gasteiger partial charge in [0, 0.05) is 25.7 Å². The molecule has 182 valence electrons. The van der Waals surface area contributed by atoms with Crippen molar-refractivity contribution in [2.75, 3.05) is 32.9 Å². The molecule has 0 unspecified atom stereocenters. The van der Waals surface area contributed by atoms with E-state index in [0.29, 0.717) is 63.5 Å². The van der Waals surface area contributed by atoms with Crippen LogP contribution in [0.3, 0.4) is 0 Å². The summed E-state index contributed by atoms with van der Waals surface area (Å²) in [6, 6.07) is 6.53. The number of amides is 3. The number of likely N-dealkylation sites (tertiary alicyclic amines) is 1. The third-order valence-corrected chi connectivity index (χ3v) is 6.60. The second-order valence-electron chi connectivity index (χ2n) is 9.14. The van der Waals surface area contributed by atoms with Gasteiger partial charge in [-0.1, -0.05) is 18.6 Å². The minimum Gasteiger partial charge on any atom is -0.493 e. The number of nitrogens with one attached hydrogen (secondary N) is 2. The third-order valence-electron chi connectivity index (χ3n) is 6.60. The van der Waals surface area contributed by atoms with Gasteiger partial charge in [-0.3, -0.25) is 14.4 Å². The first-order chi connectivity index (χ1) is 15.9. The molecule has 3 amide bonds. The highest BCUT2D eigenvalue weighted by atomic mass is 16.5. The topological polar surface area (TPSA) is 97.0 Å². The van der Waals surface area contributed by atoms with E-state index >= 15 is 0 Å². The number of benzene rings is 1. The second-order valence-corrected chi connectivity index (χ2v) is 9.14. The highest BCUT2D eigenvalue weighted by Crippen LogP contribution is 2.38. The van der Waals surface area contributed by atoms with E-state index in [0.717, 1.165) is 12.8 Å². The first-order valence-electron chi connectivity index (χ1n) is 12.1. The van der Waals surface area contributed by atoms with E-state index in [1.165, 1.54) is 0 Å². The summed E-state index contributed by atoms with van der Waals surface area (Å²) in [6.45, 7) is 8.01. The van der Waals surface area contributed by atoms with Crippen molar-refractivity contribution in [1.82, 2.24) is 15.5 Å². The van der Waals surface area contributed by atoms with Crippen molar-refractivity contribution in [2.24, 2.45) is 5.41 Å². The molecule has 1 spiro atoms. The summed E-state index contributed by atoms with van der Waals surface area (Å²) in [4.78, 5) is 40.9. The van der Waals surface area contributed by atoms with Crippen molar-refractivity contribution in [1.29, 1.82) is 0 Å². The fourth-order valence-electron chi connectivity index (χ4n) is 4.58. The molecule has 0 bridgehead atoms. The fourth-order valence-corrected chi connectivity index (χ4v) is 4.58. The number of carbonyl (C=O) groups excluding carboxylic acids is 3. The van der Waals surface area contributed by atoms with Gasteiger partial charge in [-0.2, -0.15) is 0 Å². The van der Waals surface area contributed by atoms with Gasteiger partial charge in [0.05, 0.1) is 24.2 Å². The molecule has 33 heavy (non-hydrogen) atoms. The van der Waals surface area contributed by atoms with Crippen molar-refractivity contribution in [3.63, 3.8) is 0 Å². The Hall–Kier alpha value is -2.61. The molecule has 0 aliphatic carbocycles. The van der Waals surface area contributed by atoms with Crippen molar-refractivity contribution in [2.45, 2.75) is 65.0 Å². The van der Waals surface area contributed by atoms with Crippen LogP contribution in [0.1, 0.15) is 63.2 Å². The van der Waals surface area contributed by atoms with E-state index in [4.69, 9.17) is 9.47 Å². The molecule has 0 aromatic heterocycles. The Bertz CT molecular complexity index is 835. The quantitative estimate of drug-likeness (QED) is 0.724. The Morgan fingerprint density at radius 2 is 1.85 bits per heavy atom. The van der Waals surface area contributed by atoms with Crippen LogP contribution in [0, 0.1) is 5.41 Å². The number of carbonyl (C=O) groups is 3. The highest BCUT2D eigenvalue weighted by molar-refractivity contribution is 5.97. The standard InChI is InChI=1S/C25H37N3O5/c1-4-33-21-10-6-5-9-20(21)23(30)28-14-12-25(13-15-28)11-7-8-16-32-17-18(2)26-22(29)19(3)27-24(25)31/h5-6,9-10,18-19H,4,7-8,11-17H2,1-3H3,(H,26,29)(H,27,31)/t18-,19-/m0/s1. The number of hydrogen-bond donors (Lipinski definition) is 2. The Morgan fingerprint density at radius 1 is 1.12 bits per heavy atom. The van der Waals surface area contributed by atoms with E-state index in [1.807, 2.05) is 26.0 Å². The zero-order valence-corrected chi connectivity index (χ0v) is 20.0. The van der Waals surface area contributed by atoms with Crippen LogP contribution in [-0.4, -0.2) is 67.6 Å². The van der Waals surface area contributed by atoms with E-state index in [-0.39, 0.29) is 23.8 Å². The normalized spacial score (nSPS) is 24.6. The molecule has 2 aliphatic rings. The molecule has 2 N–H and O–H groups in total. The predicted octanol–water partition coefficient (Wildman–Crippen LogP) is 2.52. The first kappa shape index (κ1) is 25.0. The summed E-state index contributed by atoms with van der Waals surface area (Å²) >= 11 is 0. The van der Waals surface area contributed by atoms with Crippen molar-refractivity contribution in [3.05, 3.63) is 29.8 Å². The monoisotopic (exact) mass is 459 g/mol. The lowest BCUT2D eigenvalue weighted by Crippen LogP contribution is -2.55. The SMILES string of the molecule is CCOc1ccccc1C(=O)N1CCC2(CCCCOC[C@H](C)NC(=O)[C@H](C)NC2=O)CC1. The van der Waals surface area contributed by atoms with Crippen LogP contribution in [0.4, 0.5) is 0 Å². The Balaban J connectivity index is 1.71.